The van der Waals surface area contributed by atoms with Crippen molar-refractivity contribution in [3.8, 4) is 0 Å². The molecule has 0 spiro atoms. The monoisotopic (exact) mass is 286 g/mol. The summed E-state index contributed by atoms with van der Waals surface area (Å²) in [6.45, 7) is 2.23. The highest BCUT2D eigenvalue weighted by Gasteiger charge is 2.09. The number of rotatable bonds is 5. The average molecular weight is 286 g/mol. The van der Waals surface area contributed by atoms with E-state index in [1.165, 1.54) is 10.8 Å². The van der Waals surface area contributed by atoms with E-state index >= 15 is 0 Å². The summed E-state index contributed by atoms with van der Waals surface area (Å²) < 4.78 is 5.10. The molecule has 0 aliphatic rings. The SMILES string of the molecule is CCOC(=O)/C(=C/c1ccc2ccccc2c1)CSC. The molecule has 2 aromatic carbocycles. The Morgan fingerprint density at radius 3 is 2.65 bits per heavy atom. The van der Waals surface area contributed by atoms with E-state index in [0.29, 0.717) is 17.9 Å². The predicted molar refractivity (Wildman–Crippen MR) is 86.9 cm³/mol. The molecule has 0 fully saturated rings. The van der Waals surface area contributed by atoms with Crippen LogP contribution in [0.15, 0.2) is 48.0 Å². The fourth-order valence-corrected chi connectivity index (χ4v) is 2.55. The summed E-state index contributed by atoms with van der Waals surface area (Å²) in [5, 5.41) is 2.38. The van der Waals surface area contributed by atoms with E-state index in [4.69, 9.17) is 4.74 Å². The molecule has 0 heterocycles. The lowest BCUT2D eigenvalue weighted by Crippen LogP contribution is -2.09. The molecule has 2 nitrogen and oxygen atoms in total. The van der Waals surface area contributed by atoms with Gasteiger partial charge in [-0.2, -0.15) is 11.8 Å². The molecule has 2 aromatic rings. The van der Waals surface area contributed by atoms with Gasteiger partial charge in [0.05, 0.1) is 6.61 Å². The summed E-state index contributed by atoms with van der Waals surface area (Å²) in [4.78, 5) is 11.9. The van der Waals surface area contributed by atoms with Gasteiger partial charge in [-0.05, 0) is 41.7 Å². The third-order valence-electron chi connectivity index (χ3n) is 2.95. The first-order valence-electron chi connectivity index (χ1n) is 6.60. The highest BCUT2D eigenvalue weighted by molar-refractivity contribution is 7.98. The highest BCUT2D eigenvalue weighted by atomic mass is 32.2. The van der Waals surface area contributed by atoms with Crippen LogP contribution in [0.25, 0.3) is 16.8 Å². The van der Waals surface area contributed by atoms with E-state index in [2.05, 4.69) is 24.3 Å². The van der Waals surface area contributed by atoms with E-state index < -0.39 is 0 Å². The predicted octanol–water partition coefficient (Wildman–Crippen LogP) is 4.15. The molecular formula is C17H18O2S. The molecule has 20 heavy (non-hydrogen) atoms. The molecule has 0 bridgehead atoms. The van der Waals surface area contributed by atoms with Crippen molar-refractivity contribution >= 4 is 34.6 Å². The fraction of sp³-hybridized carbons (Fsp3) is 0.235. The largest absolute Gasteiger partial charge is 0.463 e. The second-order valence-electron chi connectivity index (χ2n) is 4.43. The summed E-state index contributed by atoms with van der Waals surface area (Å²) in [5.41, 5.74) is 1.73. The lowest BCUT2D eigenvalue weighted by Gasteiger charge is -2.06. The number of hydrogen-bond donors (Lipinski definition) is 0. The first-order chi connectivity index (χ1) is 9.74. The fourth-order valence-electron chi connectivity index (χ4n) is 2.04. The number of fused-ring (bicyclic) bond motifs is 1. The van der Waals surface area contributed by atoms with E-state index in [9.17, 15) is 4.79 Å². The highest BCUT2D eigenvalue weighted by Crippen LogP contribution is 2.19. The molecule has 2 rings (SSSR count). The smallest absolute Gasteiger partial charge is 0.334 e. The van der Waals surface area contributed by atoms with Crippen molar-refractivity contribution in [3.05, 3.63) is 53.6 Å². The number of hydrogen-bond acceptors (Lipinski definition) is 3. The van der Waals surface area contributed by atoms with Gasteiger partial charge in [0.2, 0.25) is 0 Å². The Hall–Kier alpha value is -1.74. The molecule has 0 N–H and O–H groups in total. The lowest BCUT2D eigenvalue weighted by molar-refractivity contribution is -0.138. The second kappa shape index (κ2) is 7.15. The van der Waals surface area contributed by atoms with Crippen LogP contribution in [0, 0.1) is 0 Å². The zero-order valence-electron chi connectivity index (χ0n) is 11.8. The number of esters is 1. The molecule has 0 saturated heterocycles. The van der Waals surface area contributed by atoms with Gasteiger partial charge in [-0.3, -0.25) is 0 Å². The molecule has 0 unspecified atom stereocenters. The molecule has 0 saturated carbocycles. The zero-order chi connectivity index (χ0) is 14.4. The van der Waals surface area contributed by atoms with Gasteiger partial charge in [0.25, 0.3) is 0 Å². The Morgan fingerprint density at radius 1 is 1.20 bits per heavy atom. The zero-order valence-corrected chi connectivity index (χ0v) is 12.6. The minimum atomic E-state index is -0.227. The van der Waals surface area contributed by atoms with E-state index in [1.54, 1.807) is 11.8 Å². The maximum Gasteiger partial charge on any atom is 0.334 e. The summed E-state index contributed by atoms with van der Waals surface area (Å²) in [7, 11) is 0. The molecule has 3 heteroatoms. The van der Waals surface area contributed by atoms with Crippen LogP contribution in [0.5, 0.6) is 0 Å². The van der Waals surface area contributed by atoms with Gasteiger partial charge in [-0.15, -0.1) is 0 Å². The molecule has 104 valence electrons. The molecule has 0 amide bonds. The number of thioether (sulfide) groups is 1. The maximum atomic E-state index is 11.9. The summed E-state index contributed by atoms with van der Waals surface area (Å²) in [6, 6.07) is 14.4. The van der Waals surface area contributed by atoms with Gasteiger partial charge < -0.3 is 4.74 Å². The van der Waals surface area contributed by atoms with Gasteiger partial charge in [0.1, 0.15) is 0 Å². The van der Waals surface area contributed by atoms with Crippen molar-refractivity contribution in [1.29, 1.82) is 0 Å². The Bertz CT molecular complexity index is 632. The molecule has 0 aliphatic heterocycles. The second-order valence-corrected chi connectivity index (χ2v) is 5.30. The number of carbonyl (C=O) groups is 1. The van der Waals surface area contributed by atoms with Gasteiger partial charge in [-0.1, -0.05) is 36.4 Å². The number of benzene rings is 2. The van der Waals surface area contributed by atoms with Crippen molar-refractivity contribution in [2.75, 3.05) is 18.6 Å². The third-order valence-corrected chi connectivity index (χ3v) is 3.55. The summed E-state index contributed by atoms with van der Waals surface area (Å²) in [5.74, 6) is 0.432. The van der Waals surface area contributed by atoms with Crippen LogP contribution in [-0.2, 0) is 9.53 Å². The molecular weight excluding hydrogens is 268 g/mol. The maximum absolute atomic E-state index is 11.9. The van der Waals surface area contributed by atoms with Crippen molar-refractivity contribution in [2.24, 2.45) is 0 Å². The van der Waals surface area contributed by atoms with Gasteiger partial charge in [-0.25, -0.2) is 4.79 Å². The van der Waals surface area contributed by atoms with E-state index in [0.717, 1.165) is 5.56 Å². The van der Waals surface area contributed by atoms with Crippen LogP contribution in [0.2, 0.25) is 0 Å². The molecule has 0 atom stereocenters. The molecule has 0 radical (unpaired) electrons. The van der Waals surface area contributed by atoms with Gasteiger partial charge in [0, 0.05) is 11.3 Å². The minimum Gasteiger partial charge on any atom is -0.463 e. The quantitative estimate of drug-likeness (QED) is 0.610. The Kier molecular flexibility index (Phi) is 5.24. The normalized spacial score (nSPS) is 11.6. The standard InChI is InChI=1S/C17H18O2S/c1-3-19-17(18)16(12-20-2)11-13-8-9-14-6-4-5-7-15(14)10-13/h4-11H,3,12H2,1-2H3/b16-11+. The van der Waals surface area contributed by atoms with Crippen LogP contribution in [-0.4, -0.2) is 24.6 Å². The van der Waals surface area contributed by atoms with Crippen molar-refractivity contribution in [2.45, 2.75) is 6.92 Å². The van der Waals surface area contributed by atoms with Gasteiger partial charge >= 0.3 is 5.97 Å². The van der Waals surface area contributed by atoms with E-state index in [1.807, 2.05) is 37.5 Å². The number of ether oxygens (including phenoxy) is 1. The van der Waals surface area contributed by atoms with Crippen LogP contribution >= 0.6 is 11.8 Å². The lowest BCUT2D eigenvalue weighted by atomic mass is 10.1. The van der Waals surface area contributed by atoms with Crippen molar-refractivity contribution in [1.82, 2.24) is 0 Å². The first-order valence-corrected chi connectivity index (χ1v) is 7.99. The Balaban J connectivity index is 2.34. The minimum absolute atomic E-state index is 0.227. The molecule has 0 aliphatic carbocycles. The third kappa shape index (κ3) is 3.64. The van der Waals surface area contributed by atoms with Crippen molar-refractivity contribution < 1.29 is 9.53 Å². The Morgan fingerprint density at radius 2 is 1.95 bits per heavy atom. The van der Waals surface area contributed by atoms with Crippen LogP contribution in [0.3, 0.4) is 0 Å². The first kappa shape index (κ1) is 14.7. The average Bonchev–Trinajstić information content (AvgIpc) is 2.47. The summed E-state index contributed by atoms with van der Waals surface area (Å²) >= 11 is 1.62. The van der Waals surface area contributed by atoms with Crippen LogP contribution in [0.4, 0.5) is 0 Å². The topological polar surface area (TPSA) is 26.3 Å². The van der Waals surface area contributed by atoms with Crippen molar-refractivity contribution in [3.63, 3.8) is 0 Å². The Labute approximate surface area is 123 Å². The summed E-state index contributed by atoms with van der Waals surface area (Å²) in [6.07, 6.45) is 3.90. The van der Waals surface area contributed by atoms with Crippen LogP contribution in [0.1, 0.15) is 12.5 Å². The van der Waals surface area contributed by atoms with Gasteiger partial charge in [0.15, 0.2) is 0 Å². The number of carbonyl (C=O) groups excluding carboxylic acids is 1. The molecule has 0 aromatic heterocycles. The van der Waals surface area contributed by atoms with Crippen LogP contribution < -0.4 is 0 Å². The van der Waals surface area contributed by atoms with E-state index in [-0.39, 0.29) is 5.97 Å².